The Kier molecular flexibility index (Phi) is 7.18. The second-order valence-electron chi connectivity index (χ2n) is 5.44. The van der Waals surface area contributed by atoms with Crippen molar-refractivity contribution in [1.82, 2.24) is 4.90 Å². The Labute approximate surface area is 135 Å². The molecular formula is C13H20F6N4O. The number of hydrogen-bond donors (Lipinski definition) is 2. The van der Waals surface area contributed by atoms with Gasteiger partial charge in [-0.15, -0.1) is 0 Å². The number of hydrogen-bond acceptors (Lipinski definition) is 5. The van der Waals surface area contributed by atoms with Crippen molar-refractivity contribution in [3.8, 4) is 0 Å². The van der Waals surface area contributed by atoms with Crippen LogP contribution in [0.3, 0.4) is 0 Å². The van der Waals surface area contributed by atoms with Crippen LogP contribution in [0.15, 0.2) is 16.6 Å². The number of nitrogens with two attached hydrogens (primary N) is 2. The Morgan fingerprint density at radius 1 is 1.08 bits per heavy atom. The Balaban J connectivity index is 2.38. The zero-order valence-electron chi connectivity index (χ0n) is 12.8. The number of aliphatic imine (C=N–C) groups is 1. The second kappa shape index (κ2) is 8.45. The molecule has 0 unspecified atom stereocenters. The van der Waals surface area contributed by atoms with E-state index >= 15 is 0 Å². The molecule has 1 rings (SSSR count). The molecule has 0 aromatic heterocycles. The van der Waals surface area contributed by atoms with E-state index in [-0.39, 0.29) is 18.3 Å². The second-order valence-corrected chi connectivity index (χ2v) is 5.44. The lowest BCUT2D eigenvalue weighted by Gasteiger charge is -2.30. The molecule has 0 aromatic rings. The lowest BCUT2D eigenvalue weighted by atomic mass is 10.1. The molecule has 0 aromatic carbocycles. The summed E-state index contributed by atoms with van der Waals surface area (Å²) in [6.45, 7) is -0.686. The van der Waals surface area contributed by atoms with Gasteiger partial charge >= 0.3 is 12.4 Å². The highest BCUT2D eigenvalue weighted by Gasteiger charge is 2.29. The number of halogens is 6. The summed E-state index contributed by atoms with van der Waals surface area (Å²) in [4.78, 5) is 5.79. The lowest BCUT2D eigenvalue weighted by Crippen LogP contribution is -2.37. The van der Waals surface area contributed by atoms with Gasteiger partial charge in [0.15, 0.2) is 6.61 Å². The molecule has 1 aliphatic rings. The van der Waals surface area contributed by atoms with Crippen LogP contribution in [-0.4, -0.2) is 55.8 Å². The molecule has 0 bridgehead atoms. The van der Waals surface area contributed by atoms with Crippen LogP contribution in [0.4, 0.5) is 26.3 Å². The van der Waals surface area contributed by atoms with Gasteiger partial charge in [-0.05, 0) is 12.8 Å². The first kappa shape index (κ1) is 20.4. The van der Waals surface area contributed by atoms with Crippen molar-refractivity contribution in [2.24, 2.45) is 16.5 Å². The van der Waals surface area contributed by atoms with E-state index in [0.717, 1.165) is 6.21 Å². The summed E-state index contributed by atoms with van der Waals surface area (Å²) in [6, 6.07) is -0.166. The largest absolute Gasteiger partial charge is 0.468 e. The SMILES string of the molecule is NC(C=NC1CCN(CCC(F)(F)F)CC1)=C(N)OCC(F)(F)F. The summed E-state index contributed by atoms with van der Waals surface area (Å²) in [5, 5.41) is 0. The van der Waals surface area contributed by atoms with E-state index in [1.54, 1.807) is 4.90 Å². The maximum atomic E-state index is 12.1. The van der Waals surface area contributed by atoms with Crippen molar-refractivity contribution in [3.05, 3.63) is 11.6 Å². The molecule has 5 nitrogen and oxygen atoms in total. The molecule has 11 heteroatoms. The molecule has 24 heavy (non-hydrogen) atoms. The first-order valence-corrected chi connectivity index (χ1v) is 7.23. The lowest BCUT2D eigenvalue weighted by molar-refractivity contribution is -0.165. The number of rotatable bonds is 6. The van der Waals surface area contributed by atoms with Crippen LogP contribution in [0, 0.1) is 0 Å². The summed E-state index contributed by atoms with van der Waals surface area (Å²) in [6.07, 6.45) is -7.37. The van der Waals surface area contributed by atoms with Gasteiger partial charge in [-0.25, -0.2) is 0 Å². The van der Waals surface area contributed by atoms with Crippen molar-refractivity contribution in [1.29, 1.82) is 0 Å². The highest BCUT2D eigenvalue weighted by atomic mass is 19.4. The molecule has 140 valence electrons. The minimum absolute atomic E-state index is 0.0554. The zero-order valence-corrected chi connectivity index (χ0v) is 12.8. The molecular weight excluding hydrogens is 342 g/mol. The molecule has 1 heterocycles. The van der Waals surface area contributed by atoms with Gasteiger partial charge in [0.05, 0.1) is 12.5 Å². The normalized spacial score (nSPS) is 19.6. The summed E-state index contributed by atoms with van der Waals surface area (Å²) in [7, 11) is 0. The highest BCUT2D eigenvalue weighted by Crippen LogP contribution is 2.21. The first-order valence-electron chi connectivity index (χ1n) is 7.23. The van der Waals surface area contributed by atoms with Gasteiger partial charge in [-0.3, -0.25) is 4.99 Å². The number of piperidine rings is 1. The van der Waals surface area contributed by atoms with Crippen molar-refractivity contribution < 1.29 is 31.1 Å². The third-order valence-corrected chi connectivity index (χ3v) is 3.37. The smallest absolute Gasteiger partial charge is 0.422 e. The highest BCUT2D eigenvalue weighted by molar-refractivity contribution is 5.77. The number of alkyl halides is 6. The molecule has 0 atom stereocenters. The number of nitrogens with zero attached hydrogens (tertiary/aromatic N) is 2. The van der Waals surface area contributed by atoms with Gasteiger partial charge in [0.2, 0.25) is 5.88 Å². The van der Waals surface area contributed by atoms with Gasteiger partial charge in [0, 0.05) is 25.8 Å². The van der Waals surface area contributed by atoms with Gasteiger partial charge in [0.1, 0.15) is 5.70 Å². The predicted molar refractivity (Wildman–Crippen MR) is 76.0 cm³/mol. The Hall–Kier alpha value is -1.65. The predicted octanol–water partition coefficient (Wildman–Crippen LogP) is 2.14. The van der Waals surface area contributed by atoms with E-state index in [4.69, 9.17) is 11.5 Å². The Morgan fingerprint density at radius 3 is 2.17 bits per heavy atom. The molecule has 4 N–H and O–H groups in total. The Bertz CT molecular complexity index is 452. The van der Waals surface area contributed by atoms with Crippen LogP contribution in [0.25, 0.3) is 0 Å². The van der Waals surface area contributed by atoms with Crippen molar-refractivity contribution in [2.75, 3.05) is 26.2 Å². The molecule has 0 spiro atoms. The number of ether oxygens (including phenoxy) is 1. The average molecular weight is 362 g/mol. The maximum absolute atomic E-state index is 12.1. The van der Waals surface area contributed by atoms with E-state index < -0.39 is 31.3 Å². The number of likely N-dealkylation sites (tertiary alicyclic amines) is 1. The molecule has 0 saturated carbocycles. The molecule has 1 aliphatic heterocycles. The summed E-state index contributed by atoms with van der Waals surface area (Å²) in [5.74, 6) is -0.571. The van der Waals surface area contributed by atoms with Gasteiger partial charge < -0.3 is 21.1 Å². The fourth-order valence-electron chi connectivity index (χ4n) is 2.07. The summed E-state index contributed by atoms with van der Waals surface area (Å²) in [5.41, 5.74) is 10.5. The van der Waals surface area contributed by atoms with E-state index in [1.807, 2.05) is 0 Å². The van der Waals surface area contributed by atoms with Crippen molar-refractivity contribution in [2.45, 2.75) is 37.7 Å². The fraction of sp³-hybridized carbons (Fsp3) is 0.769. The standard InChI is InChI=1S/C13H20F6N4O/c14-12(15,16)3-6-23-4-1-9(2-5-23)22-7-10(20)11(21)24-8-13(17,18)19/h7,9H,1-6,8,20-21H2. The summed E-state index contributed by atoms with van der Waals surface area (Å²) < 4.78 is 76.7. The van der Waals surface area contributed by atoms with Crippen molar-refractivity contribution >= 4 is 6.21 Å². The molecule has 0 radical (unpaired) electrons. The third kappa shape index (κ3) is 8.85. The molecule has 1 fully saturated rings. The Morgan fingerprint density at radius 2 is 1.67 bits per heavy atom. The van der Waals surface area contributed by atoms with Crippen LogP contribution in [0.5, 0.6) is 0 Å². The van der Waals surface area contributed by atoms with Crippen molar-refractivity contribution in [3.63, 3.8) is 0 Å². The van der Waals surface area contributed by atoms with E-state index in [2.05, 4.69) is 9.73 Å². The van der Waals surface area contributed by atoms with E-state index in [9.17, 15) is 26.3 Å². The maximum Gasteiger partial charge on any atom is 0.422 e. The first-order chi connectivity index (χ1) is 11.0. The van der Waals surface area contributed by atoms with Gasteiger partial charge in [0.25, 0.3) is 0 Å². The molecule has 1 saturated heterocycles. The van der Waals surface area contributed by atoms with Crippen LogP contribution in [0.1, 0.15) is 19.3 Å². The van der Waals surface area contributed by atoms with Gasteiger partial charge in [-0.1, -0.05) is 0 Å². The third-order valence-electron chi connectivity index (χ3n) is 3.37. The molecule has 0 aliphatic carbocycles. The van der Waals surface area contributed by atoms with E-state index in [1.165, 1.54) is 0 Å². The summed E-state index contributed by atoms with van der Waals surface area (Å²) >= 11 is 0. The minimum Gasteiger partial charge on any atom is -0.468 e. The van der Waals surface area contributed by atoms with Crippen LogP contribution < -0.4 is 11.5 Å². The minimum atomic E-state index is -4.52. The number of allylic oxidation sites excluding steroid dienone is 1. The topological polar surface area (TPSA) is 76.9 Å². The van der Waals surface area contributed by atoms with Crippen LogP contribution >= 0.6 is 0 Å². The van der Waals surface area contributed by atoms with Crippen LogP contribution in [0.2, 0.25) is 0 Å². The molecule has 0 amide bonds. The van der Waals surface area contributed by atoms with Gasteiger partial charge in [-0.2, -0.15) is 26.3 Å². The van der Waals surface area contributed by atoms with Crippen LogP contribution in [-0.2, 0) is 4.74 Å². The monoisotopic (exact) mass is 362 g/mol. The average Bonchev–Trinajstić information content (AvgIpc) is 2.47. The quantitative estimate of drug-likeness (QED) is 0.431. The van der Waals surface area contributed by atoms with E-state index in [0.29, 0.717) is 25.9 Å². The fourth-order valence-corrected chi connectivity index (χ4v) is 2.07. The zero-order chi connectivity index (χ0) is 18.4.